The van der Waals surface area contributed by atoms with Gasteiger partial charge in [0.15, 0.2) is 6.10 Å². The lowest BCUT2D eigenvalue weighted by Crippen LogP contribution is -2.43. The summed E-state index contributed by atoms with van der Waals surface area (Å²) >= 11 is 0. The molecular formula is C19H27N3O3. The number of amides is 2. The van der Waals surface area contributed by atoms with Crippen molar-refractivity contribution in [2.75, 3.05) is 32.7 Å². The number of carbonyl (C=O) groups is 2. The van der Waals surface area contributed by atoms with Crippen molar-refractivity contribution in [3.05, 3.63) is 29.3 Å². The van der Waals surface area contributed by atoms with Crippen molar-refractivity contribution in [3.8, 4) is 5.75 Å². The maximum Gasteiger partial charge on any atom is 0.263 e. The fourth-order valence-electron chi connectivity index (χ4n) is 3.70. The number of nitrogens with two attached hydrogens (primary N) is 1. The van der Waals surface area contributed by atoms with Gasteiger partial charge in [-0.05, 0) is 55.9 Å². The van der Waals surface area contributed by atoms with Crippen LogP contribution in [0.25, 0.3) is 0 Å². The fraction of sp³-hybridized carbons (Fsp3) is 0.579. The second-order valence-electron chi connectivity index (χ2n) is 6.97. The van der Waals surface area contributed by atoms with Gasteiger partial charge in [0, 0.05) is 26.2 Å². The quantitative estimate of drug-likeness (QED) is 0.862. The summed E-state index contributed by atoms with van der Waals surface area (Å²) in [6.07, 6.45) is 3.76. The standard InChI is InChI=1S/C19H27N3O3/c1-14(25-17-7-6-15-4-2-5-16(15)12-17)19(24)22-9-3-8-21(10-11-22)13-18(20)23/h6-7,12,14H,2-5,8-11,13H2,1H3,(H2,20,23). The number of benzene rings is 1. The van der Waals surface area contributed by atoms with E-state index in [9.17, 15) is 9.59 Å². The Kier molecular flexibility index (Phi) is 5.58. The van der Waals surface area contributed by atoms with Crippen molar-refractivity contribution < 1.29 is 14.3 Å². The van der Waals surface area contributed by atoms with E-state index in [0.29, 0.717) is 19.6 Å². The number of ether oxygens (including phenoxy) is 1. The molecule has 25 heavy (non-hydrogen) atoms. The van der Waals surface area contributed by atoms with Crippen molar-refractivity contribution in [1.82, 2.24) is 9.80 Å². The number of primary amides is 1. The third-order valence-corrected chi connectivity index (χ3v) is 5.01. The van der Waals surface area contributed by atoms with Gasteiger partial charge in [-0.25, -0.2) is 0 Å². The number of aryl methyl sites for hydroxylation is 2. The van der Waals surface area contributed by atoms with Crippen LogP contribution in [0.5, 0.6) is 5.75 Å². The summed E-state index contributed by atoms with van der Waals surface area (Å²) in [5, 5.41) is 0. The van der Waals surface area contributed by atoms with E-state index in [4.69, 9.17) is 10.5 Å². The molecule has 6 heteroatoms. The predicted octanol–water partition coefficient (Wildman–Crippen LogP) is 0.962. The third-order valence-electron chi connectivity index (χ3n) is 5.01. The molecule has 0 spiro atoms. The summed E-state index contributed by atoms with van der Waals surface area (Å²) in [5.41, 5.74) is 8.00. The van der Waals surface area contributed by atoms with Crippen LogP contribution in [0.3, 0.4) is 0 Å². The van der Waals surface area contributed by atoms with Gasteiger partial charge in [-0.15, -0.1) is 0 Å². The Labute approximate surface area is 148 Å². The highest BCUT2D eigenvalue weighted by Crippen LogP contribution is 2.26. The minimum absolute atomic E-state index is 0.00132. The molecule has 1 saturated heterocycles. The number of nitrogens with zero attached hydrogens (tertiary/aromatic N) is 2. The summed E-state index contributed by atoms with van der Waals surface area (Å²) in [4.78, 5) is 27.6. The highest BCUT2D eigenvalue weighted by molar-refractivity contribution is 5.81. The molecule has 1 aromatic carbocycles. The van der Waals surface area contributed by atoms with Gasteiger partial charge in [0.2, 0.25) is 5.91 Å². The number of carbonyl (C=O) groups excluding carboxylic acids is 2. The Morgan fingerprint density at radius 3 is 2.72 bits per heavy atom. The molecule has 3 rings (SSSR count). The molecule has 1 aliphatic heterocycles. The van der Waals surface area contributed by atoms with Gasteiger partial charge in [-0.1, -0.05) is 6.07 Å². The molecule has 1 unspecified atom stereocenters. The molecule has 1 fully saturated rings. The van der Waals surface area contributed by atoms with Gasteiger partial charge in [-0.2, -0.15) is 0 Å². The van der Waals surface area contributed by atoms with E-state index in [1.807, 2.05) is 22.8 Å². The number of fused-ring (bicyclic) bond motifs is 1. The molecule has 0 saturated carbocycles. The van der Waals surface area contributed by atoms with Crippen molar-refractivity contribution in [3.63, 3.8) is 0 Å². The van der Waals surface area contributed by atoms with Crippen LogP contribution < -0.4 is 10.5 Å². The Morgan fingerprint density at radius 2 is 1.92 bits per heavy atom. The highest BCUT2D eigenvalue weighted by atomic mass is 16.5. The molecule has 0 radical (unpaired) electrons. The molecule has 0 bridgehead atoms. The molecule has 1 atom stereocenters. The normalized spacial score (nSPS) is 19.2. The summed E-state index contributed by atoms with van der Waals surface area (Å²) in [6.45, 7) is 4.80. The van der Waals surface area contributed by atoms with Crippen LogP contribution in [0, 0.1) is 0 Å². The second-order valence-corrected chi connectivity index (χ2v) is 6.97. The second kappa shape index (κ2) is 7.87. The first-order valence-electron chi connectivity index (χ1n) is 9.11. The molecule has 1 aliphatic carbocycles. The Hall–Kier alpha value is -2.08. The maximum absolute atomic E-state index is 12.7. The van der Waals surface area contributed by atoms with Gasteiger partial charge in [0.1, 0.15) is 5.75 Å². The van der Waals surface area contributed by atoms with Crippen LogP contribution in [0.2, 0.25) is 0 Å². The van der Waals surface area contributed by atoms with Gasteiger partial charge in [0.05, 0.1) is 6.54 Å². The first-order valence-corrected chi connectivity index (χ1v) is 9.11. The van der Waals surface area contributed by atoms with Crippen LogP contribution in [-0.2, 0) is 22.4 Å². The zero-order valence-corrected chi connectivity index (χ0v) is 14.9. The van der Waals surface area contributed by atoms with E-state index in [2.05, 4.69) is 12.1 Å². The molecule has 1 aromatic rings. The zero-order valence-electron chi connectivity index (χ0n) is 14.9. The lowest BCUT2D eigenvalue weighted by atomic mass is 10.1. The van der Waals surface area contributed by atoms with Crippen LogP contribution >= 0.6 is 0 Å². The molecule has 136 valence electrons. The maximum atomic E-state index is 12.7. The minimum Gasteiger partial charge on any atom is -0.481 e. The van der Waals surface area contributed by atoms with Gasteiger partial charge < -0.3 is 15.4 Å². The van der Waals surface area contributed by atoms with Gasteiger partial charge >= 0.3 is 0 Å². The summed E-state index contributed by atoms with van der Waals surface area (Å²) in [7, 11) is 0. The van der Waals surface area contributed by atoms with Gasteiger partial charge in [0.25, 0.3) is 5.91 Å². The van der Waals surface area contributed by atoms with Gasteiger partial charge in [-0.3, -0.25) is 14.5 Å². The van der Waals surface area contributed by atoms with Crippen molar-refractivity contribution in [2.45, 2.75) is 38.7 Å². The van der Waals surface area contributed by atoms with E-state index < -0.39 is 6.10 Å². The van der Waals surface area contributed by atoms with Crippen LogP contribution in [-0.4, -0.2) is 60.4 Å². The first kappa shape index (κ1) is 17.7. The Morgan fingerprint density at radius 1 is 1.12 bits per heavy atom. The average Bonchev–Trinajstić information content (AvgIpc) is 2.92. The zero-order chi connectivity index (χ0) is 17.8. The molecule has 2 N–H and O–H groups in total. The fourth-order valence-corrected chi connectivity index (χ4v) is 3.70. The predicted molar refractivity (Wildman–Crippen MR) is 95.4 cm³/mol. The molecule has 6 nitrogen and oxygen atoms in total. The number of rotatable bonds is 5. The monoisotopic (exact) mass is 345 g/mol. The van der Waals surface area contributed by atoms with Crippen molar-refractivity contribution in [1.29, 1.82) is 0 Å². The lowest BCUT2D eigenvalue weighted by molar-refractivity contribution is -0.137. The molecular weight excluding hydrogens is 318 g/mol. The Bertz CT molecular complexity index is 647. The topological polar surface area (TPSA) is 75.9 Å². The summed E-state index contributed by atoms with van der Waals surface area (Å²) in [5.74, 6) is 0.446. The van der Waals surface area contributed by atoms with E-state index in [0.717, 1.165) is 31.6 Å². The van der Waals surface area contributed by atoms with E-state index in [1.165, 1.54) is 17.5 Å². The van der Waals surface area contributed by atoms with E-state index >= 15 is 0 Å². The molecule has 1 heterocycles. The van der Waals surface area contributed by atoms with Crippen molar-refractivity contribution >= 4 is 11.8 Å². The number of hydrogen-bond acceptors (Lipinski definition) is 4. The summed E-state index contributed by atoms with van der Waals surface area (Å²) < 4.78 is 5.91. The average molecular weight is 345 g/mol. The van der Waals surface area contributed by atoms with Crippen LogP contribution in [0.1, 0.15) is 30.9 Å². The highest BCUT2D eigenvalue weighted by Gasteiger charge is 2.25. The lowest BCUT2D eigenvalue weighted by Gasteiger charge is -2.25. The summed E-state index contributed by atoms with van der Waals surface area (Å²) in [6, 6.07) is 6.15. The van der Waals surface area contributed by atoms with Crippen molar-refractivity contribution in [2.24, 2.45) is 5.73 Å². The van der Waals surface area contributed by atoms with E-state index in [1.54, 1.807) is 0 Å². The molecule has 2 aliphatic rings. The Balaban J connectivity index is 1.56. The SMILES string of the molecule is CC(Oc1ccc2c(c1)CCC2)C(=O)N1CCCN(CC(N)=O)CC1. The van der Waals surface area contributed by atoms with Crippen LogP contribution in [0.4, 0.5) is 0 Å². The third kappa shape index (κ3) is 4.51. The number of hydrogen-bond donors (Lipinski definition) is 1. The largest absolute Gasteiger partial charge is 0.481 e. The minimum atomic E-state index is -0.512. The van der Waals surface area contributed by atoms with Crippen LogP contribution in [0.15, 0.2) is 18.2 Å². The molecule has 0 aromatic heterocycles. The smallest absolute Gasteiger partial charge is 0.263 e. The first-order chi connectivity index (χ1) is 12.0. The van der Waals surface area contributed by atoms with E-state index in [-0.39, 0.29) is 18.4 Å². The molecule has 2 amide bonds.